The van der Waals surface area contributed by atoms with Gasteiger partial charge in [0.05, 0.1) is 17.6 Å². The molecule has 0 spiro atoms. The zero-order valence-electron chi connectivity index (χ0n) is 11.6. The lowest BCUT2D eigenvalue weighted by atomic mass is 10.3. The standard InChI is InChI=1S/C14H20N4O2/c1-2-8-18-12-6-4-3-5-11(12)17-13(18)10-16-7-9-20-14(15)19/h3-6,16H,2,7-10H2,1H3,(H2,15,19). The minimum atomic E-state index is -0.745. The topological polar surface area (TPSA) is 82.2 Å². The number of benzene rings is 1. The van der Waals surface area contributed by atoms with Crippen molar-refractivity contribution in [1.29, 1.82) is 0 Å². The van der Waals surface area contributed by atoms with Crippen molar-refractivity contribution < 1.29 is 9.53 Å². The number of hydrogen-bond acceptors (Lipinski definition) is 4. The number of primary amides is 1. The number of amides is 1. The van der Waals surface area contributed by atoms with Gasteiger partial charge in [-0.3, -0.25) is 0 Å². The molecule has 0 atom stereocenters. The fourth-order valence-corrected chi connectivity index (χ4v) is 2.16. The van der Waals surface area contributed by atoms with Crippen LogP contribution in [-0.2, 0) is 17.8 Å². The van der Waals surface area contributed by atoms with Gasteiger partial charge in [-0.05, 0) is 18.6 Å². The van der Waals surface area contributed by atoms with Crippen molar-refractivity contribution >= 4 is 17.1 Å². The Hall–Kier alpha value is -2.08. The third kappa shape index (κ3) is 3.48. The molecule has 1 heterocycles. The molecule has 1 aromatic carbocycles. The van der Waals surface area contributed by atoms with Gasteiger partial charge in [-0.25, -0.2) is 9.78 Å². The van der Waals surface area contributed by atoms with Crippen LogP contribution < -0.4 is 11.1 Å². The lowest BCUT2D eigenvalue weighted by Gasteiger charge is -2.08. The smallest absolute Gasteiger partial charge is 0.404 e. The summed E-state index contributed by atoms with van der Waals surface area (Å²) >= 11 is 0. The Labute approximate surface area is 117 Å². The third-order valence-electron chi connectivity index (χ3n) is 2.99. The molecule has 1 amide bonds. The molecule has 2 aromatic rings. The summed E-state index contributed by atoms with van der Waals surface area (Å²) in [5, 5.41) is 3.20. The fourth-order valence-electron chi connectivity index (χ4n) is 2.16. The van der Waals surface area contributed by atoms with Crippen LogP contribution in [0.2, 0.25) is 0 Å². The SMILES string of the molecule is CCCn1c(CNCCOC(N)=O)nc2ccccc21. The van der Waals surface area contributed by atoms with Crippen LogP contribution in [0.1, 0.15) is 19.2 Å². The molecular formula is C14H20N4O2. The Balaban J connectivity index is 2.01. The first kappa shape index (κ1) is 14.3. The first-order valence-corrected chi connectivity index (χ1v) is 6.79. The van der Waals surface area contributed by atoms with Gasteiger partial charge in [0.15, 0.2) is 0 Å². The van der Waals surface area contributed by atoms with Crippen molar-refractivity contribution in [2.45, 2.75) is 26.4 Å². The average molecular weight is 276 g/mol. The molecule has 2 rings (SSSR count). The number of fused-ring (bicyclic) bond motifs is 1. The van der Waals surface area contributed by atoms with Crippen LogP contribution in [-0.4, -0.2) is 28.8 Å². The number of nitrogens with two attached hydrogens (primary N) is 1. The van der Waals surface area contributed by atoms with Crippen LogP contribution in [0, 0.1) is 0 Å². The molecule has 0 unspecified atom stereocenters. The maximum Gasteiger partial charge on any atom is 0.404 e. The monoisotopic (exact) mass is 276 g/mol. The largest absolute Gasteiger partial charge is 0.448 e. The van der Waals surface area contributed by atoms with E-state index in [2.05, 4.69) is 32.6 Å². The molecule has 0 bridgehead atoms. The van der Waals surface area contributed by atoms with Crippen LogP contribution in [0.4, 0.5) is 4.79 Å². The molecule has 3 N–H and O–H groups in total. The van der Waals surface area contributed by atoms with Crippen molar-refractivity contribution in [3.05, 3.63) is 30.1 Å². The second kappa shape index (κ2) is 6.91. The van der Waals surface area contributed by atoms with E-state index in [9.17, 15) is 4.79 Å². The van der Waals surface area contributed by atoms with Crippen molar-refractivity contribution in [2.24, 2.45) is 5.73 Å². The molecule has 0 aliphatic heterocycles. The Morgan fingerprint density at radius 2 is 2.25 bits per heavy atom. The molecule has 0 aliphatic carbocycles. The summed E-state index contributed by atoms with van der Waals surface area (Å²) in [5.41, 5.74) is 7.05. The van der Waals surface area contributed by atoms with Gasteiger partial charge in [-0.2, -0.15) is 0 Å². The van der Waals surface area contributed by atoms with Crippen molar-refractivity contribution in [3.63, 3.8) is 0 Å². The minimum absolute atomic E-state index is 0.267. The van der Waals surface area contributed by atoms with E-state index in [1.807, 2.05) is 18.2 Å². The zero-order valence-corrected chi connectivity index (χ0v) is 11.6. The van der Waals surface area contributed by atoms with Gasteiger partial charge in [-0.1, -0.05) is 19.1 Å². The number of rotatable bonds is 7. The normalized spacial score (nSPS) is 10.8. The second-order valence-corrected chi connectivity index (χ2v) is 4.51. The number of para-hydroxylation sites is 2. The highest BCUT2D eigenvalue weighted by Crippen LogP contribution is 2.16. The average Bonchev–Trinajstić information content (AvgIpc) is 2.77. The Bertz CT molecular complexity index is 580. The van der Waals surface area contributed by atoms with Crippen LogP contribution >= 0.6 is 0 Å². The molecular weight excluding hydrogens is 256 g/mol. The molecule has 0 fully saturated rings. The molecule has 0 aliphatic rings. The van der Waals surface area contributed by atoms with E-state index >= 15 is 0 Å². The predicted molar refractivity (Wildman–Crippen MR) is 77.3 cm³/mol. The summed E-state index contributed by atoms with van der Waals surface area (Å²) in [4.78, 5) is 15.1. The Morgan fingerprint density at radius 3 is 3.00 bits per heavy atom. The summed E-state index contributed by atoms with van der Waals surface area (Å²) in [6.07, 6.45) is 0.308. The molecule has 108 valence electrons. The molecule has 20 heavy (non-hydrogen) atoms. The lowest BCUT2D eigenvalue weighted by Crippen LogP contribution is -2.24. The first-order chi connectivity index (χ1) is 9.72. The van der Waals surface area contributed by atoms with Gasteiger partial charge in [-0.15, -0.1) is 0 Å². The minimum Gasteiger partial charge on any atom is -0.448 e. The van der Waals surface area contributed by atoms with Gasteiger partial charge in [0.2, 0.25) is 0 Å². The fraction of sp³-hybridized carbons (Fsp3) is 0.429. The molecule has 0 saturated heterocycles. The summed E-state index contributed by atoms with van der Waals surface area (Å²) in [7, 11) is 0. The number of aryl methyl sites for hydroxylation is 1. The highest BCUT2D eigenvalue weighted by molar-refractivity contribution is 5.75. The number of carbonyl (C=O) groups is 1. The quantitative estimate of drug-likeness (QED) is 0.753. The molecule has 6 heteroatoms. The first-order valence-electron chi connectivity index (χ1n) is 6.79. The number of hydrogen-bond donors (Lipinski definition) is 2. The molecule has 1 aromatic heterocycles. The van der Waals surface area contributed by atoms with E-state index in [-0.39, 0.29) is 6.61 Å². The van der Waals surface area contributed by atoms with Crippen molar-refractivity contribution in [1.82, 2.24) is 14.9 Å². The number of nitrogens with zero attached hydrogens (tertiary/aromatic N) is 2. The zero-order chi connectivity index (χ0) is 14.4. The molecule has 0 radical (unpaired) electrons. The molecule has 0 saturated carbocycles. The van der Waals surface area contributed by atoms with Gasteiger partial charge in [0.1, 0.15) is 12.4 Å². The summed E-state index contributed by atoms with van der Waals surface area (Å²) in [6.45, 7) is 4.54. The van der Waals surface area contributed by atoms with E-state index in [0.29, 0.717) is 13.1 Å². The second-order valence-electron chi connectivity index (χ2n) is 4.51. The van der Waals surface area contributed by atoms with Gasteiger partial charge < -0.3 is 20.4 Å². The van der Waals surface area contributed by atoms with Crippen LogP contribution in [0.5, 0.6) is 0 Å². The third-order valence-corrected chi connectivity index (χ3v) is 2.99. The van der Waals surface area contributed by atoms with Crippen LogP contribution in [0.3, 0.4) is 0 Å². The molecule has 6 nitrogen and oxygen atoms in total. The summed E-state index contributed by atoms with van der Waals surface area (Å²) in [6, 6.07) is 8.11. The van der Waals surface area contributed by atoms with E-state index in [1.54, 1.807) is 0 Å². The number of aromatic nitrogens is 2. The summed E-state index contributed by atoms with van der Waals surface area (Å²) < 4.78 is 6.89. The maximum absolute atomic E-state index is 10.4. The Kier molecular flexibility index (Phi) is 4.95. The highest BCUT2D eigenvalue weighted by Gasteiger charge is 2.08. The summed E-state index contributed by atoms with van der Waals surface area (Å²) in [5.74, 6) is 0.993. The van der Waals surface area contributed by atoms with Crippen molar-refractivity contribution in [3.8, 4) is 0 Å². The van der Waals surface area contributed by atoms with Crippen LogP contribution in [0.25, 0.3) is 11.0 Å². The maximum atomic E-state index is 10.4. The number of imidazole rings is 1. The van der Waals surface area contributed by atoms with Gasteiger partial charge in [0, 0.05) is 13.1 Å². The Morgan fingerprint density at radius 1 is 1.45 bits per heavy atom. The van der Waals surface area contributed by atoms with Gasteiger partial charge in [0.25, 0.3) is 0 Å². The van der Waals surface area contributed by atoms with E-state index in [4.69, 9.17) is 5.73 Å². The van der Waals surface area contributed by atoms with Crippen LogP contribution in [0.15, 0.2) is 24.3 Å². The highest BCUT2D eigenvalue weighted by atomic mass is 16.5. The number of nitrogens with one attached hydrogen (secondary N) is 1. The number of carbonyl (C=O) groups excluding carboxylic acids is 1. The number of ether oxygens (including phenoxy) is 1. The van der Waals surface area contributed by atoms with Crippen molar-refractivity contribution in [2.75, 3.05) is 13.2 Å². The predicted octanol–water partition coefficient (Wildman–Crippen LogP) is 1.63. The van der Waals surface area contributed by atoms with E-state index in [0.717, 1.165) is 29.8 Å². The van der Waals surface area contributed by atoms with Gasteiger partial charge >= 0.3 is 6.09 Å². The van der Waals surface area contributed by atoms with E-state index < -0.39 is 6.09 Å². The van der Waals surface area contributed by atoms with E-state index in [1.165, 1.54) is 0 Å². The lowest BCUT2D eigenvalue weighted by molar-refractivity contribution is 0.157.